The second-order valence-corrected chi connectivity index (χ2v) is 3.26. The Bertz CT molecular complexity index is 426. The Morgan fingerprint density at radius 2 is 2.31 bits per heavy atom. The molecule has 0 unspecified atom stereocenters. The SMILES string of the molecule is N#CCCCNC(=O)c1ccc(N)cc1F. The Hall–Kier alpha value is -2.09. The average Bonchev–Trinajstić information content (AvgIpc) is 2.24. The summed E-state index contributed by atoms with van der Waals surface area (Å²) in [5.74, 6) is -1.13. The van der Waals surface area contributed by atoms with Gasteiger partial charge in [-0.3, -0.25) is 4.79 Å². The Morgan fingerprint density at radius 1 is 1.56 bits per heavy atom. The molecule has 0 spiro atoms. The lowest BCUT2D eigenvalue weighted by Gasteiger charge is -2.05. The molecule has 0 saturated heterocycles. The maximum absolute atomic E-state index is 13.3. The normalized spacial score (nSPS) is 9.50. The molecule has 5 heteroatoms. The van der Waals surface area contributed by atoms with Crippen LogP contribution in [0.4, 0.5) is 10.1 Å². The minimum absolute atomic E-state index is 0.0360. The highest BCUT2D eigenvalue weighted by Gasteiger charge is 2.10. The first kappa shape index (κ1) is 12.0. The van der Waals surface area contributed by atoms with Gasteiger partial charge in [-0.25, -0.2) is 4.39 Å². The molecule has 0 bridgehead atoms. The van der Waals surface area contributed by atoms with Crippen molar-refractivity contribution in [1.82, 2.24) is 5.32 Å². The largest absolute Gasteiger partial charge is 0.399 e. The predicted molar refractivity (Wildman–Crippen MR) is 58.0 cm³/mol. The van der Waals surface area contributed by atoms with Crippen LogP contribution < -0.4 is 11.1 Å². The van der Waals surface area contributed by atoms with E-state index in [2.05, 4.69) is 5.32 Å². The molecule has 0 heterocycles. The highest BCUT2D eigenvalue weighted by Crippen LogP contribution is 2.11. The van der Waals surface area contributed by atoms with Crippen molar-refractivity contribution in [3.63, 3.8) is 0 Å². The summed E-state index contributed by atoms with van der Waals surface area (Å²) in [6.45, 7) is 0.357. The van der Waals surface area contributed by atoms with E-state index in [0.717, 1.165) is 6.07 Å². The molecular formula is C11H12FN3O. The van der Waals surface area contributed by atoms with E-state index < -0.39 is 11.7 Å². The van der Waals surface area contributed by atoms with Crippen molar-refractivity contribution in [2.24, 2.45) is 0 Å². The molecule has 0 saturated carbocycles. The van der Waals surface area contributed by atoms with Gasteiger partial charge in [0.05, 0.1) is 11.6 Å². The number of amides is 1. The fraction of sp³-hybridized carbons (Fsp3) is 0.273. The number of nitrogen functional groups attached to an aromatic ring is 1. The number of benzene rings is 1. The van der Waals surface area contributed by atoms with Gasteiger partial charge in [-0.2, -0.15) is 5.26 Å². The van der Waals surface area contributed by atoms with E-state index in [1.54, 1.807) is 0 Å². The van der Waals surface area contributed by atoms with Gasteiger partial charge in [-0.15, -0.1) is 0 Å². The van der Waals surface area contributed by atoms with Crippen molar-refractivity contribution in [3.05, 3.63) is 29.6 Å². The molecule has 0 aliphatic rings. The van der Waals surface area contributed by atoms with Crippen LogP contribution in [-0.4, -0.2) is 12.5 Å². The number of nitriles is 1. The van der Waals surface area contributed by atoms with Crippen LogP contribution in [0.3, 0.4) is 0 Å². The molecule has 0 aliphatic carbocycles. The number of carbonyl (C=O) groups is 1. The molecule has 0 aliphatic heterocycles. The molecule has 1 aromatic carbocycles. The average molecular weight is 221 g/mol. The first-order chi connectivity index (χ1) is 7.65. The van der Waals surface area contributed by atoms with E-state index >= 15 is 0 Å². The van der Waals surface area contributed by atoms with Gasteiger partial charge in [-0.05, 0) is 24.6 Å². The van der Waals surface area contributed by atoms with Crippen molar-refractivity contribution < 1.29 is 9.18 Å². The minimum atomic E-state index is -0.641. The van der Waals surface area contributed by atoms with Crippen LogP contribution in [0.15, 0.2) is 18.2 Å². The van der Waals surface area contributed by atoms with E-state index in [4.69, 9.17) is 11.0 Å². The van der Waals surface area contributed by atoms with Gasteiger partial charge < -0.3 is 11.1 Å². The van der Waals surface area contributed by atoms with Gasteiger partial charge in [-0.1, -0.05) is 0 Å². The molecule has 0 aromatic heterocycles. The molecule has 84 valence electrons. The number of anilines is 1. The van der Waals surface area contributed by atoms with Crippen LogP contribution >= 0.6 is 0 Å². The van der Waals surface area contributed by atoms with Crippen LogP contribution in [0.2, 0.25) is 0 Å². The van der Waals surface area contributed by atoms with Gasteiger partial charge in [0.2, 0.25) is 0 Å². The Labute approximate surface area is 92.9 Å². The van der Waals surface area contributed by atoms with Crippen LogP contribution in [0.5, 0.6) is 0 Å². The first-order valence-corrected chi connectivity index (χ1v) is 4.85. The van der Waals surface area contributed by atoms with Gasteiger partial charge in [0, 0.05) is 18.7 Å². The summed E-state index contributed by atoms with van der Waals surface area (Å²) in [6.07, 6.45) is 0.920. The van der Waals surface area contributed by atoms with Crippen LogP contribution in [0.25, 0.3) is 0 Å². The van der Waals surface area contributed by atoms with Crippen LogP contribution in [0.1, 0.15) is 23.2 Å². The minimum Gasteiger partial charge on any atom is -0.399 e. The van der Waals surface area contributed by atoms with Crippen molar-refractivity contribution in [2.45, 2.75) is 12.8 Å². The molecule has 3 N–H and O–H groups in total. The Kier molecular flexibility index (Phi) is 4.28. The molecule has 0 atom stereocenters. The summed E-state index contributed by atoms with van der Waals surface area (Å²) in [6, 6.07) is 5.86. The Balaban J connectivity index is 2.57. The van der Waals surface area contributed by atoms with Crippen molar-refractivity contribution in [3.8, 4) is 6.07 Å². The molecule has 0 radical (unpaired) electrons. The summed E-state index contributed by atoms with van der Waals surface area (Å²) in [7, 11) is 0. The maximum atomic E-state index is 13.3. The highest BCUT2D eigenvalue weighted by atomic mass is 19.1. The number of hydrogen-bond acceptors (Lipinski definition) is 3. The molecular weight excluding hydrogens is 209 g/mol. The number of carbonyl (C=O) groups excluding carboxylic acids is 1. The quantitative estimate of drug-likeness (QED) is 0.596. The van der Waals surface area contributed by atoms with E-state index in [1.807, 2.05) is 6.07 Å². The zero-order chi connectivity index (χ0) is 12.0. The van der Waals surface area contributed by atoms with E-state index in [1.165, 1.54) is 12.1 Å². The van der Waals surface area contributed by atoms with Crippen LogP contribution in [-0.2, 0) is 0 Å². The second-order valence-electron chi connectivity index (χ2n) is 3.26. The Morgan fingerprint density at radius 3 is 2.94 bits per heavy atom. The number of nitrogens with zero attached hydrogens (tertiary/aromatic N) is 1. The fourth-order valence-electron chi connectivity index (χ4n) is 1.18. The number of rotatable bonds is 4. The summed E-state index contributed by atoms with van der Waals surface area (Å²) >= 11 is 0. The molecule has 4 nitrogen and oxygen atoms in total. The van der Waals surface area contributed by atoms with E-state index in [-0.39, 0.29) is 11.3 Å². The number of nitrogens with one attached hydrogen (secondary N) is 1. The molecule has 16 heavy (non-hydrogen) atoms. The van der Waals surface area contributed by atoms with Crippen molar-refractivity contribution >= 4 is 11.6 Å². The maximum Gasteiger partial charge on any atom is 0.254 e. The third-order valence-corrected chi connectivity index (χ3v) is 1.99. The number of hydrogen-bond donors (Lipinski definition) is 2. The lowest BCUT2D eigenvalue weighted by atomic mass is 10.2. The summed E-state index contributed by atoms with van der Waals surface area (Å²) in [4.78, 5) is 11.5. The smallest absolute Gasteiger partial charge is 0.254 e. The lowest BCUT2D eigenvalue weighted by Crippen LogP contribution is -2.25. The van der Waals surface area contributed by atoms with Crippen LogP contribution in [0, 0.1) is 17.1 Å². The third kappa shape index (κ3) is 3.24. The standard InChI is InChI=1S/C11H12FN3O/c12-10-7-8(14)3-4-9(10)11(16)15-6-2-1-5-13/h3-4,7H,1-2,6,14H2,(H,15,16). The van der Waals surface area contributed by atoms with Gasteiger partial charge >= 0.3 is 0 Å². The second kappa shape index (κ2) is 5.71. The highest BCUT2D eigenvalue weighted by molar-refractivity contribution is 5.94. The molecule has 1 aromatic rings. The third-order valence-electron chi connectivity index (χ3n) is 1.99. The topological polar surface area (TPSA) is 78.9 Å². The first-order valence-electron chi connectivity index (χ1n) is 4.85. The molecule has 1 amide bonds. The van der Waals surface area contributed by atoms with Gasteiger partial charge in [0.25, 0.3) is 5.91 Å². The predicted octanol–water partition coefficient (Wildman–Crippen LogP) is 1.44. The molecule has 1 rings (SSSR count). The lowest BCUT2D eigenvalue weighted by molar-refractivity contribution is 0.0949. The van der Waals surface area contributed by atoms with Crippen molar-refractivity contribution in [1.29, 1.82) is 5.26 Å². The summed E-state index contributed by atoms with van der Waals surface area (Å²) in [5, 5.41) is 10.8. The van der Waals surface area contributed by atoms with Crippen molar-refractivity contribution in [2.75, 3.05) is 12.3 Å². The number of nitrogens with two attached hydrogens (primary N) is 1. The zero-order valence-corrected chi connectivity index (χ0v) is 8.66. The number of halogens is 1. The van der Waals surface area contributed by atoms with Gasteiger partial charge in [0.1, 0.15) is 5.82 Å². The summed E-state index contributed by atoms with van der Waals surface area (Å²) < 4.78 is 13.3. The molecule has 0 fully saturated rings. The summed E-state index contributed by atoms with van der Waals surface area (Å²) in [5.41, 5.74) is 5.60. The monoisotopic (exact) mass is 221 g/mol. The van der Waals surface area contributed by atoms with E-state index in [9.17, 15) is 9.18 Å². The van der Waals surface area contributed by atoms with Gasteiger partial charge in [0.15, 0.2) is 0 Å². The fourth-order valence-corrected chi connectivity index (χ4v) is 1.18. The number of unbranched alkanes of at least 4 members (excludes halogenated alkanes) is 1. The van der Waals surface area contributed by atoms with E-state index in [0.29, 0.717) is 19.4 Å². The zero-order valence-electron chi connectivity index (χ0n) is 8.66.